The van der Waals surface area contributed by atoms with Crippen molar-refractivity contribution in [2.45, 2.75) is 76.5 Å². The van der Waals surface area contributed by atoms with E-state index in [0.717, 1.165) is 66.9 Å². The zero-order valence-corrected chi connectivity index (χ0v) is 34.2. The summed E-state index contributed by atoms with van der Waals surface area (Å²) >= 11 is 0. The van der Waals surface area contributed by atoms with Crippen LogP contribution in [-0.4, -0.2) is 82.7 Å². The van der Waals surface area contributed by atoms with E-state index < -0.39 is 41.0 Å². The molecule has 0 bridgehead atoms. The Hall–Kier alpha value is -6.17. The summed E-state index contributed by atoms with van der Waals surface area (Å²) in [6.45, 7) is 6.24. The molecule has 3 N–H and O–H groups in total. The van der Waals surface area contributed by atoms with Crippen molar-refractivity contribution in [1.82, 2.24) is 39.0 Å². The van der Waals surface area contributed by atoms with Crippen molar-refractivity contribution >= 4 is 45.3 Å². The number of nitrogens with one attached hydrogen (secondary N) is 2. The number of hydrogen-bond donors (Lipinski definition) is 3. The monoisotopic (exact) mass is 837 g/mol. The highest BCUT2D eigenvalue weighted by atomic mass is 19.4. The fourth-order valence-corrected chi connectivity index (χ4v) is 8.53. The zero-order valence-electron chi connectivity index (χ0n) is 34.2. The molecular formula is C44H46F3N9O5. The number of halogens is 3. The lowest BCUT2D eigenvalue weighted by Gasteiger charge is -2.37. The summed E-state index contributed by atoms with van der Waals surface area (Å²) in [6.07, 6.45) is -0.522. The van der Waals surface area contributed by atoms with Gasteiger partial charge in [0.2, 0.25) is 11.8 Å². The van der Waals surface area contributed by atoms with Crippen LogP contribution in [0.4, 0.5) is 18.9 Å². The molecule has 2 fully saturated rings. The number of fused-ring (bicyclic) bond motifs is 2. The maximum Gasteiger partial charge on any atom is 0.433 e. The van der Waals surface area contributed by atoms with Crippen LogP contribution in [0, 0.1) is 0 Å². The van der Waals surface area contributed by atoms with E-state index >= 15 is 0 Å². The summed E-state index contributed by atoms with van der Waals surface area (Å²) in [7, 11) is 3.85. The van der Waals surface area contributed by atoms with Gasteiger partial charge in [-0.2, -0.15) is 18.3 Å². The molecule has 1 atom stereocenters. The van der Waals surface area contributed by atoms with Crippen LogP contribution in [0.2, 0.25) is 0 Å². The maximum atomic E-state index is 13.4. The minimum atomic E-state index is -4.71. The van der Waals surface area contributed by atoms with Gasteiger partial charge in [0.05, 0.1) is 27.8 Å². The molecular weight excluding hydrogens is 792 g/mol. The Morgan fingerprint density at radius 1 is 0.984 bits per heavy atom. The Bertz CT molecular complexity index is 2720. The minimum absolute atomic E-state index is 0.190. The van der Waals surface area contributed by atoms with Crippen LogP contribution in [-0.2, 0) is 41.5 Å². The Morgan fingerprint density at radius 3 is 2.39 bits per heavy atom. The van der Waals surface area contributed by atoms with Crippen molar-refractivity contribution in [3.63, 3.8) is 0 Å². The second-order valence-corrected chi connectivity index (χ2v) is 16.5. The summed E-state index contributed by atoms with van der Waals surface area (Å²) in [5.41, 5.74) is 2.22. The zero-order chi connectivity index (χ0) is 43.4. The number of aromatic nitrogens is 5. The topological polar surface area (TPSA) is 160 Å². The first kappa shape index (κ1) is 41.6. The van der Waals surface area contributed by atoms with Crippen molar-refractivity contribution in [2.75, 3.05) is 25.5 Å². The van der Waals surface area contributed by atoms with Crippen molar-refractivity contribution < 1.29 is 32.7 Å². The molecule has 8 rings (SSSR count). The first-order valence-corrected chi connectivity index (χ1v) is 20.1. The normalized spacial score (nSPS) is 17.1. The van der Waals surface area contributed by atoms with E-state index in [4.69, 9.17) is 5.10 Å². The number of pyridine rings is 1. The number of nitrogens with zero attached hydrogens (tertiary/aromatic N) is 7. The van der Waals surface area contributed by atoms with Crippen LogP contribution < -0.4 is 16.3 Å². The number of aryl methyl sites for hydroxylation is 1. The molecule has 5 heterocycles. The highest BCUT2D eigenvalue weighted by Gasteiger charge is 2.34. The molecule has 1 unspecified atom stereocenters. The molecule has 0 saturated carbocycles. The van der Waals surface area contributed by atoms with E-state index in [1.807, 2.05) is 30.3 Å². The van der Waals surface area contributed by atoms with Gasteiger partial charge in [0.25, 0.3) is 5.91 Å². The molecule has 0 spiro atoms. The van der Waals surface area contributed by atoms with Gasteiger partial charge in [-0.3, -0.25) is 38.6 Å². The number of imide groups is 1. The van der Waals surface area contributed by atoms with Gasteiger partial charge in [0.1, 0.15) is 17.4 Å². The minimum Gasteiger partial charge on any atom is -0.386 e. The van der Waals surface area contributed by atoms with Gasteiger partial charge in [-0.05, 0) is 107 Å². The lowest BCUT2D eigenvalue weighted by Crippen LogP contribution is -2.44. The largest absolute Gasteiger partial charge is 0.433 e. The van der Waals surface area contributed by atoms with Gasteiger partial charge >= 0.3 is 11.9 Å². The van der Waals surface area contributed by atoms with Gasteiger partial charge < -0.3 is 10.4 Å². The number of carbonyl (C=O) groups is 3. The molecule has 6 aromatic rings. The number of para-hydroxylation sites is 1. The molecule has 3 amide bonds. The fraction of sp³-hybridized carbons (Fsp3) is 0.364. The third-order valence-corrected chi connectivity index (χ3v) is 11.7. The number of benzene rings is 3. The van der Waals surface area contributed by atoms with Crippen LogP contribution in [0.3, 0.4) is 0 Å². The Labute approximate surface area is 348 Å². The average Bonchev–Trinajstić information content (AvgIpc) is 3.75. The molecule has 0 radical (unpaired) electrons. The van der Waals surface area contributed by atoms with Crippen LogP contribution >= 0.6 is 0 Å². The second kappa shape index (κ2) is 16.0. The SMILES string of the molecule is CN(Cc1ccc(-n2cc3cc(NC(=O)c4cccc(C(F)(F)F)n4)c(C(C)(C)O)cc3n2)cc1)C1CCN(Cc2cccc3c2n(C)c(=O)n3C2CCC(=O)NC2=O)CC1. The summed E-state index contributed by atoms with van der Waals surface area (Å²) in [4.78, 5) is 59.2. The fourth-order valence-electron chi connectivity index (χ4n) is 8.53. The molecule has 17 heteroatoms. The maximum absolute atomic E-state index is 13.4. The number of rotatable bonds is 10. The Morgan fingerprint density at radius 2 is 1.70 bits per heavy atom. The number of hydrogen-bond acceptors (Lipinski definition) is 9. The van der Waals surface area contributed by atoms with Gasteiger partial charge in [-0.1, -0.05) is 30.3 Å². The summed E-state index contributed by atoms with van der Waals surface area (Å²) in [6, 6.07) is 19.9. The standard InChI is InChI=1S/C44H46F3N9O5/c1-43(2,61)31-22-33-28(21-34(31)49-40(58)32-8-6-10-37(48-32)44(45,46)47)25-55(51-33)30-13-11-26(12-14-30)23-52(3)29-17-19-54(20-18-29)24-27-7-5-9-35-39(27)53(4)42(60)56(35)36-15-16-38(57)50-41(36)59/h5-14,21-22,25,29,36,61H,15-20,23-24H2,1-4H3,(H,49,58)(H,50,57,59). The molecule has 61 heavy (non-hydrogen) atoms. The van der Waals surface area contributed by atoms with Crippen molar-refractivity contribution in [3.8, 4) is 5.69 Å². The molecule has 2 aliphatic rings. The second-order valence-electron chi connectivity index (χ2n) is 16.5. The number of imidazole rings is 1. The van der Waals surface area contributed by atoms with E-state index in [0.29, 0.717) is 34.6 Å². The molecule has 2 saturated heterocycles. The Kier molecular flexibility index (Phi) is 10.9. The lowest BCUT2D eigenvalue weighted by atomic mass is 9.95. The van der Waals surface area contributed by atoms with E-state index in [2.05, 4.69) is 44.6 Å². The van der Waals surface area contributed by atoms with E-state index in [-0.39, 0.29) is 30.1 Å². The quantitative estimate of drug-likeness (QED) is 0.148. The van der Waals surface area contributed by atoms with Crippen LogP contribution in [0.25, 0.3) is 27.6 Å². The number of carbonyl (C=O) groups excluding carboxylic acids is 3. The number of piperidine rings is 2. The first-order chi connectivity index (χ1) is 28.9. The van der Waals surface area contributed by atoms with Gasteiger partial charge in [-0.25, -0.2) is 14.5 Å². The molecule has 3 aromatic heterocycles. The highest BCUT2D eigenvalue weighted by Crippen LogP contribution is 2.34. The molecule has 3 aromatic carbocycles. The van der Waals surface area contributed by atoms with Crippen LogP contribution in [0.15, 0.2) is 83.8 Å². The third-order valence-electron chi connectivity index (χ3n) is 11.7. The van der Waals surface area contributed by atoms with E-state index in [1.165, 1.54) is 10.6 Å². The predicted octanol–water partition coefficient (Wildman–Crippen LogP) is 5.65. The number of amides is 3. The first-order valence-electron chi connectivity index (χ1n) is 20.1. The van der Waals surface area contributed by atoms with Crippen LogP contribution in [0.5, 0.6) is 0 Å². The molecule has 0 aliphatic carbocycles. The molecule has 318 valence electrons. The Balaban J connectivity index is 0.908. The van der Waals surface area contributed by atoms with E-state index in [1.54, 1.807) is 48.5 Å². The summed E-state index contributed by atoms with van der Waals surface area (Å²) in [5, 5.41) is 21.3. The van der Waals surface area contributed by atoms with Gasteiger partial charge in [0.15, 0.2) is 0 Å². The number of likely N-dealkylation sites (tertiary alicyclic amines) is 1. The number of alkyl halides is 3. The third kappa shape index (κ3) is 8.45. The van der Waals surface area contributed by atoms with Crippen LogP contribution in [0.1, 0.15) is 78.4 Å². The van der Waals surface area contributed by atoms with E-state index in [9.17, 15) is 37.5 Å². The smallest absolute Gasteiger partial charge is 0.386 e. The summed E-state index contributed by atoms with van der Waals surface area (Å²) in [5.74, 6) is -1.62. The van der Waals surface area contributed by atoms with Gasteiger partial charge in [-0.15, -0.1) is 0 Å². The average molecular weight is 838 g/mol. The highest BCUT2D eigenvalue weighted by molar-refractivity contribution is 6.04. The molecule has 2 aliphatic heterocycles. The van der Waals surface area contributed by atoms with Crippen molar-refractivity contribution in [2.24, 2.45) is 7.05 Å². The van der Waals surface area contributed by atoms with Crippen molar-refractivity contribution in [3.05, 3.63) is 118 Å². The predicted molar refractivity (Wildman–Crippen MR) is 222 cm³/mol. The van der Waals surface area contributed by atoms with Gasteiger partial charge in [0, 0.05) is 55.4 Å². The number of anilines is 1. The van der Waals surface area contributed by atoms with Crippen molar-refractivity contribution in [1.29, 1.82) is 0 Å². The number of aliphatic hydroxyl groups is 1. The lowest BCUT2D eigenvalue weighted by molar-refractivity contribution is -0.141. The summed E-state index contributed by atoms with van der Waals surface area (Å²) < 4.78 is 44.6. The molecule has 14 nitrogen and oxygen atoms in total.